The Labute approximate surface area is 220 Å². The van der Waals surface area contributed by atoms with Gasteiger partial charge in [0.05, 0.1) is 17.7 Å². The minimum absolute atomic E-state index is 0.159. The lowest BCUT2D eigenvalue weighted by Gasteiger charge is -2.25. The number of halogens is 3. The first-order chi connectivity index (χ1) is 17.7. The van der Waals surface area contributed by atoms with Gasteiger partial charge in [-0.3, -0.25) is 14.4 Å². The lowest BCUT2D eigenvalue weighted by atomic mass is 10.1. The summed E-state index contributed by atoms with van der Waals surface area (Å²) in [6.45, 7) is 7.96. The van der Waals surface area contributed by atoms with Crippen LogP contribution in [0.15, 0.2) is 42.5 Å². The van der Waals surface area contributed by atoms with Gasteiger partial charge in [0.25, 0.3) is 5.91 Å². The molecule has 2 aromatic rings. The van der Waals surface area contributed by atoms with Gasteiger partial charge in [0.2, 0.25) is 11.8 Å². The summed E-state index contributed by atoms with van der Waals surface area (Å²) in [5.74, 6) is -2.00. The molecule has 3 amide bonds. The van der Waals surface area contributed by atoms with Gasteiger partial charge < -0.3 is 27.0 Å². The summed E-state index contributed by atoms with van der Waals surface area (Å²) in [4.78, 5) is 37.8. The van der Waals surface area contributed by atoms with Crippen molar-refractivity contribution >= 4 is 23.4 Å². The van der Waals surface area contributed by atoms with Crippen LogP contribution in [0.5, 0.6) is 0 Å². The van der Waals surface area contributed by atoms with Crippen molar-refractivity contribution < 1.29 is 27.6 Å². The molecule has 0 aliphatic rings. The lowest BCUT2D eigenvalue weighted by Crippen LogP contribution is -2.54. The van der Waals surface area contributed by atoms with Gasteiger partial charge in [-0.15, -0.1) is 0 Å². The fourth-order valence-electron chi connectivity index (χ4n) is 3.53. The van der Waals surface area contributed by atoms with E-state index in [0.717, 1.165) is 24.1 Å². The highest BCUT2D eigenvalue weighted by molar-refractivity contribution is 6.01. The molecule has 208 valence electrons. The Morgan fingerprint density at radius 1 is 0.974 bits per heavy atom. The smallest absolute Gasteiger partial charge is 0.398 e. The number of carbonyl (C=O) groups is 3. The average molecular weight is 536 g/mol. The third-order valence-electron chi connectivity index (χ3n) is 5.55. The monoisotopic (exact) mass is 535 g/mol. The summed E-state index contributed by atoms with van der Waals surface area (Å²) in [7, 11) is 0. The number of nitrogens with two attached hydrogens (primary N) is 1. The van der Waals surface area contributed by atoms with Gasteiger partial charge >= 0.3 is 6.18 Å². The quantitative estimate of drug-likeness (QED) is 0.223. The zero-order valence-corrected chi connectivity index (χ0v) is 22.1. The van der Waals surface area contributed by atoms with E-state index in [9.17, 15) is 27.6 Å². The van der Waals surface area contributed by atoms with E-state index in [1.54, 1.807) is 0 Å². The fourth-order valence-corrected chi connectivity index (χ4v) is 3.53. The molecular weight excluding hydrogens is 499 g/mol. The van der Waals surface area contributed by atoms with Gasteiger partial charge in [0.1, 0.15) is 6.04 Å². The molecule has 0 heterocycles. The summed E-state index contributed by atoms with van der Waals surface area (Å²) >= 11 is 0. The zero-order chi connectivity index (χ0) is 28.5. The van der Waals surface area contributed by atoms with Crippen molar-refractivity contribution in [3.05, 3.63) is 64.7 Å². The van der Waals surface area contributed by atoms with Crippen molar-refractivity contribution in [3.63, 3.8) is 0 Å². The Morgan fingerprint density at radius 3 is 2.18 bits per heavy atom. The molecule has 6 N–H and O–H groups in total. The lowest BCUT2D eigenvalue weighted by molar-refractivity contribution is -0.137. The van der Waals surface area contributed by atoms with E-state index in [1.165, 1.54) is 5.56 Å². The van der Waals surface area contributed by atoms with Crippen LogP contribution in [0.1, 0.15) is 61.2 Å². The highest BCUT2D eigenvalue weighted by Gasteiger charge is 2.31. The Kier molecular flexibility index (Phi) is 10.7. The van der Waals surface area contributed by atoms with Gasteiger partial charge in [-0.05, 0) is 69.5 Å². The van der Waals surface area contributed by atoms with Crippen molar-refractivity contribution in [3.8, 4) is 0 Å². The van der Waals surface area contributed by atoms with Crippen LogP contribution in [0.3, 0.4) is 0 Å². The van der Waals surface area contributed by atoms with E-state index in [1.807, 2.05) is 32.9 Å². The molecule has 0 aliphatic carbocycles. The summed E-state index contributed by atoms with van der Waals surface area (Å²) in [6.07, 6.45) is -3.43. The molecule has 11 heteroatoms. The van der Waals surface area contributed by atoms with Crippen LogP contribution in [-0.4, -0.2) is 42.4 Å². The molecule has 0 bridgehead atoms. The molecule has 0 saturated carbocycles. The minimum atomic E-state index is -4.65. The first-order valence-electron chi connectivity index (χ1n) is 12.3. The number of anilines is 1. The van der Waals surface area contributed by atoms with Crippen LogP contribution in [0, 0.1) is 0 Å². The fraction of sp³-hybridized carbons (Fsp3) is 0.444. The van der Waals surface area contributed by atoms with E-state index in [4.69, 9.17) is 5.73 Å². The maximum atomic E-state index is 13.0. The molecule has 0 aromatic heterocycles. The van der Waals surface area contributed by atoms with Crippen LogP contribution in [-0.2, 0) is 28.7 Å². The number of carbonyl (C=O) groups excluding carboxylic acids is 3. The van der Waals surface area contributed by atoms with Crippen LogP contribution in [0.2, 0.25) is 0 Å². The third kappa shape index (κ3) is 10.0. The number of hydrogen-bond acceptors (Lipinski definition) is 5. The molecular formula is C27H36F3N5O3. The predicted molar refractivity (Wildman–Crippen MR) is 140 cm³/mol. The van der Waals surface area contributed by atoms with Crippen molar-refractivity contribution in [2.45, 2.75) is 64.8 Å². The van der Waals surface area contributed by atoms with Gasteiger partial charge in [0.15, 0.2) is 0 Å². The van der Waals surface area contributed by atoms with Gasteiger partial charge in [-0.2, -0.15) is 13.2 Å². The van der Waals surface area contributed by atoms with E-state index >= 15 is 0 Å². The number of alkyl halides is 3. The topological polar surface area (TPSA) is 125 Å². The standard InChI is InChI=1S/C27H36F3N5O3/c1-5-17-6-8-18(9-7-17)15-32-13-12-22(25(38)35-26(2,3)4)34-23(36)16-33-24(37)20-14-19(27(28,29)30)10-11-21(20)31/h6-11,14,22,32H,5,12-13,15-16,31H2,1-4H3,(H,33,37)(H,34,36)(H,35,38)/t22-/m0/s1. The normalized spacial score (nSPS) is 12.5. The third-order valence-corrected chi connectivity index (χ3v) is 5.55. The number of rotatable bonds is 11. The summed E-state index contributed by atoms with van der Waals surface area (Å²) in [6, 6.07) is 9.64. The molecule has 8 nitrogen and oxygen atoms in total. The summed E-state index contributed by atoms with van der Waals surface area (Å²) < 4.78 is 39.0. The largest absolute Gasteiger partial charge is 0.416 e. The van der Waals surface area contributed by atoms with Crippen LogP contribution in [0.4, 0.5) is 18.9 Å². The molecule has 0 spiro atoms. The molecule has 0 unspecified atom stereocenters. The second-order valence-corrected chi connectivity index (χ2v) is 9.98. The molecule has 2 rings (SSSR count). The highest BCUT2D eigenvalue weighted by Crippen LogP contribution is 2.31. The second kappa shape index (κ2) is 13.3. The number of benzene rings is 2. The SMILES string of the molecule is CCc1ccc(CNCC[C@H](NC(=O)CNC(=O)c2cc(C(F)(F)F)ccc2N)C(=O)NC(C)(C)C)cc1. The van der Waals surface area contributed by atoms with Crippen molar-refractivity contribution in [2.75, 3.05) is 18.8 Å². The van der Waals surface area contributed by atoms with E-state index in [0.29, 0.717) is 19.2 Å². The maximum Gasteiger partial charge on any atom is 0.416 e. The number of nitrogen functional groups attached to an aromatic ring is 1. The Bertz CT molecular complexity index is 1110. The summed E-state index contributed by atoms with van der Waals surface area (Å²) in [5, 5.41) is 10.9. The zero-order valence-electron chi connectivity index (χ0n) is 22.1. The molecule has 0 saturated heterocycles. The van der Waals surface area contributed by atoms with Gasteiger partial charge in [-0.1, -0.05) is 31.2 Å². The second-order valence-electron chi connectivity index (χ2n) is 9.98. The van der Waals surface area contributed by atoms with Crippen molar-refractivity contribution in [1.82, 2.24) is 21.3 Å². The van der Waals surface area contributed by atoms with E-state index in [2.05, 4.69) is 40.3 Å². The van der Waals surface area contributed by atoms with Crippen LogP contribution >= 0.6 is 0 Å². The predicted octanol–water partition coefficient (Wildman–Crippen LogP) is 3.16. The Hall–Kier alpha value is -3.60. The van der Waals surface area contributed by atoms with Crippen LogP contribution in [0.25, 0.3) is 0 Å². The first-order valence-corrected chi connectivity index (χ1v) is 12.3. The van der Waals surface area contributed by atoms with E-state index in [-0.39, 0.29) is 12.1 Å². The average Bonchev–Trinajstić information content (AvgIpc) is 2.83. The van der Waals surface area contributed by atoms with Gasteiger partial charge in [-0.25, -0.2) is 0 Å². The molecule has 0 aliphatic heterocycles. The maximum absolute atomic E-state index is 13.0. The molecule has 38 heavy (non-hydrogen) atoms. The van der Waals surface area contributed by atoms with Gasteiger partial charge in [0, 0.05) is 17.8 Å². The number of amides is 3. The van der Waals surface area contributed by atoms with Crippen molar-refractivity contribution in [2.24, 2.45) is 0 Å². The minimum Gasteiger partial charge on any atom is -0.398 e. The van der Waals surface area contributed by atoms with Crippen molar-refractivity contribution in [1.29, 1.82) is 0 Å². The van der Waals surface area contributed by atoms with Crippen LogP contribution < -0.4 is 27.0 Å². The molecule has 0 radical (unpaired) electrons. The number of aryl methyl sites for hydroxylation is 1. The Morgan fingerprint density at radius 2 is 1.61 bits per heavy atom. The molecule has 2 aromatic carbocycles. The summed E-state index contributed by atoms with van der Waals surface area (Å²) in [5.41, 5.74) is 5.84. The molecule has 1 atom stereocenters. The number of hydrogen-bond donors (Lipinski definition) is 5. The van der Waals surface area contributed by atoms with E-state index < -0.39 is 53.2 Å². The highest BCUT2D eigenvalue weighted by atomic mass is 19.4. The number of nitrogens with one attached hydrogen (secondary N) is 4. The Balaban J connectivity index is 1.96. The first kappa shape index (κ1) is 30.6. The molecule has 0 fully saturated rings.